The van der Waals surface area contributed by atoms with E-state index in [2.05, 4.69) is 19.7 Å². The van der Waals surface area contributed by atoms with Gasteiger partial charge in [-0.3, -0.25) is 4.79 Å². The minimum Gasteiger partial charge on any atom is -0.497 e. The van der Waals surface area contributed by atoms with Crippen molar-refractivity contribution >= 4 is 17.3 Å². The highest BCUT2D eigenvalue weighted by atomic mass is 19.3. The van der Waals surface area contributed by atoms with Crippen molar-refractivity contribution in [3.05, 3.63) is 42.5 Å². The van der Waals surface area contributed by atoms with Crippen molar-refractivity contribution in [1.29, 1.82) is 0 Å². The Balaban J connectivity index is 1.27. The van der Waals surface area contributed by atoms with Gasteiger partial charge in [0.15, 0.2) is 18.0 Å². The Morgan fingerprint density at radius 1 is 1.14 bits per heavy atom. The second kappa shape index (κ2) is 7.75. The molecule has 2 aliphatic rings. The fourth-order valence-electron chi connectivity index (χ4n) is 3.51. The number of quaternary nitrogens is 1. The molecule has 2 aromatic carbocycles. The van der Waals surface area contributed by atoms with E-state index in [1.807, 2.05) is 24.3 Å². The molecular weight excluding hydrogens is 384 g/mol. The predicted molar refractivity (Wildman–Crippen MR) is 102 cm³/mol. The highest BCUT2D eigenvalue weighted by molar-refractivity contribution is 5.91. The number of halogens is 2. The number of hydrogen-bond acceptors (Lipinski definition) is 5. The first kappa shape index (κ1) is 19.3. The SMILES string of the molecule is COc1ccc(N2CC[NH+](CC(=O)Nc3ccc4c(c3)OC(F)(F)O4)CC2)cc1. The lowest BCUT2D eigenvalue weighted by atomic mass is 10.2. The van der Waals surface area contributed by atoms with Crippen molar-refractivity contribution in [3.8, 4) is 17.2 Å². The fraction of sp³-hybridized carbons (Fsp3) is 0.350. The Hall–Kier alpha value is -3.07. The summed E-state index contributed by atoms with van der Waals surface area (Å²) in [7, 11) is 1.64. The number of anilines is 2. The van der Waals surface area contributed by atoms with Crippen LogP contribution in [-0.2, 0) is 4.79 Å². The third-order valence-corrected chi connectivity index (χ3v) is 5.00. The topological polar surface area (TPSA) is 64.5 Å². The molecule has 7 nitrogen and oxygen atoms in total. The number of rotatable bonds is 5. The molecule has 2 heterocycles. The molecule has 2 aromatic rings. The number of hydrogen-bond donors (Lipinski definition) is 2. The van der Waals surface area contributed by atoms with E-state index in [1.54, 1.807) is 7.11 Å². The van der Waals surface area contributed by atoms with Gasteiger partial charge in [0.25, 0.3) is 5.91 Å². The summed E-state index contributed by atoms with van der Waals surface area (Å²) < 4.78 is 40.1. The van der Waals surface area contributed by atoms with E-state index in [4.69, 9.17) is 4.74 Å². The Bertz CT molecular complexity index is 884. The van der Waals surface area contributed by atoms with E-state index >= 15 is 0 Å². The van der Waals surface area contributed by atoms with E-state index < -0.39 is 6.29 Å². The van der Waals surface area contributed by atoms with Gasteiger partial charge in [-0.05, 0) is 36.4 Å². The Labute approximate surface area is 166 Å². The van der Waals surface area contributed by atoms with Crippen LogP contribution in [0.2, 0.25) is 0 Å². The Morgan fingerprint density at radius 3 is 2.52 bits per heavy atom. The molecule has 0 aliphatic carbocycles. The third-order valence-electron chi connectivity index (χ3n) is 5.00. The Kier molecular flexibility index (Phi) is 5.14. The minimum absolute atomic E-state index is 0.0479. The molecule has 0 saturated carbocycles. The van der Waals surface area contributed by atoms with Gasteiger partial charge >= 0.3 is 6.29 Å². The lowest BCUT2D eigenvalue weighted by Gasteiger charge is -2.33. The van der Waals surface area contributed by atoms with Gasteiger partial charge in [0, 0.05) is 17.4 Å². The molecule has 1 fully saturated rings. The van der Waals surface area contributed by atoms with E-state index in [1.165, 1.54) is 23.1 Å². The first-order valence-corrected chi connectivity index (χ1v) is 9.34. The quantitative estimate of drug-likeness (QED) is 0.785. The van der Waals surface area contributed by atoms with Crippen LogP contribution in [0.5, 0.6) is 17.2 Å². The van der Waals surface area contributed by atoms with Gasteiger partial charge in [0.2, 0.25) is 0 Å². The molecular formula is C20H22F2N3O4+. The van der Waals surface area contributed by atoms with Crippen molar-refractivity contribution in [2.24, 2.45) is 0 Å². The van der Waals surface area contributed by atoms with Crippen molar-refractivity contribution in [3.63, 3.8) is 0 Å². The zero-order valence-corrected chi connectivity index (χ0v) is 15.9. The molecule has 0 atom stereocenters. The average molecular weight is 406 g/mol. The van der Waals surface area contributed by atoms with Crippen molar-refractivity contribution in [2.75, 3.05) is 50.1 Å². The van der Waals surface area contributed by atoms with Gasteiger partial charge in [0.05, 0.1) is 33.3 Å². The maximum Gasteiger partial charge on any atom is 0.586 e. The molecule has 2 N–H and O–H groups in total. The summed E-state index contributed by atoms with van der Waals surface area (Å²) in [6.45, 7) is 3.64. The number of alkyl halides is 2. The summed E-state index contributed by atoms with van der Waals surface area (Å²) in [5.41, 5.74) is 1.53. The van der Waals surface area contributed by atoms with Gasteiger partial charge in [-0.25, -0.2) is 0 Å². The lowest BCUT2D eigenvalue weighted by Crippen LogP contribution is -3.15. The van der Waals surface area contributed by atoms with Gasteiger partial charge < -0.3 is 29.3 Å². The number of piperazine rings is 1. The van der Waals surface area contributed by atoms with E-state index in [9.17, 15) is 13.6 Å². The van der Waals surface area contributed by atoms with Crippen molar-refractivity contribution in [1.82, 2.24) is 0 Å². The van der Waals surface area contributed by atoms with E-state index in [0.717, 1.165) is 37.6 Å². The number of ether oxygens (including phenoxy) is 3. The molecule has 0 aromatic heterocycles. The molecule has 0 unspecified atom stereocenters. The second-order valence-electron chi connectivity index (χ2n) is 6.99. The number of carbonyl (C=O) groups excluding carboxylic acids is 1. The zero-order chi connectivity index (χ0) is 20.4. The summed E-state index contributed by atoms with van der Waals surface area (Å²) in [4.78, 5) is 15.8. The maximum atomic E-state index is 13.1. The molecule has 0 bridgehead atoms. The number of methoxy groups -OCH3 is 1. The second-order valence-corrected chi connectivity index (χ2v) is 6.99. The first-order chi connectivity index (χ1) is 13.9. The van der Waals surface area contributed by atoms with Crippen LogP contribution in [0, 0.1) is 0 Å². The van der Waals surface area contributed by atoms with Crippen LogP contribution < -0.4 is 29.3 Å². The molecule has 0 spiro atoms. The Morgan fingerprint density at radius 2 is 1.83 bits per heavy atom. The smallest absolute Gasteiger partial charge is 0.497 e. The van der Waals surface area contributed by atoms with Crippen LogP contribution in [0.1, 0.15) is 0 Å². The number of fused-ring (bicyclic) bond motifs is 1. The van der Waals surface area contributed by atoms with Gasteiger partial charge in [-0.15, -0.1) is 8.78 Å². The molecule has 9 heteroatoms. The highest BCUT2D eigenvalue weighted by Crippen LogP contribution is 2.42. The van der Waals surface area contributed by atoms with Gasteiger partial charge in [-0.1, -0.05) is 0 Å². The molecule has 0 radical (unpaired) electrons. The molecule has 1 amide bonds. The normalized spacial score (nSPS) is 17.8. The van der Waals surface area contributed by atoms with Crippen LogP contribution >= 0.6 is 0 Å². The summed E-state index contributed by atoms with van der Waals surface area (Å²) in [6.07, 6.45) is -3.67. The number of nitrogens with zero attached hydrogens (tertiary/aromatic N) is 1. The number of amides is 1. The number of carbonyl (C=O) groups is 1. The first-order valence-electron chi connectivity index (χ1n) is 9.34. The average Bonchev–Trinajstić information content (AvgIpc) is 3.01. The molecule has 29 heavy (non-hydrogen) atoms. The fourth-order valence-corrected chi connectivity index (χ4v) is 3.51. The van der Waals surface area contributed by atoms with Crippen LogP contribution in [0.15, 0.2) is 42.5 Å². The molecule has 2 aliphatic heterocycles. The molecule has 4 rings (SSSR count). The van der Waals surface area contributed by atoms with Crippen LogP contribution in [0.3, 0.4) is 0 Å². The third kappa shape index (κ3) is 4.51. The largest absolute Gasteiger partial charge is 0.586 e. The van der Waals surface area contributed by atoms with Crippen molar-refractivity contribution in [2.45, 2.75) is 6.29 Å². The maximum absolute atomic E-state index is 13.1. The van der Waals surface area contributed by atoms with E-state index in [-0.39, 0.29) is 17.4 Å². The van der Waals surface area contributed by atoms with Crippen LogP contribution in [0.4, 0.5) is 20.2 Å². The van der Waals surface area contributed by atoms with Crippen molar-refractivity contribution < 1.29 is 32.7 Å². The highest BCUT2D eigenvalue weighted by Gasteiger charge is 2.43. The van der Waals surface area contributed by atoms with Gasteiger partial charge in [0.1, 0.15) is 5.75 Å². The summed E-state index contributed by atoms with van der Waals surface area (Å²) in [6, 6.07) is 12.1. The van der Waals surface area contributed by atoms with Crippen LogP contribution in [0.25, 0.3) is 0 Å². The molecule has 154 valence electrons. The van der Waals surface area contributed by atoms with Crippen LogP contribution in [-0.4, -0.2) is 52.0 Å². The predicted octanol–water partition coefficient (Wildman–Crippen LogP) is 1.36. The summed E-state index contributed by atoms with van der Waals surface area (Å²) in [5, 5.41) is 2.73. The summed E-state index contributed by atoms with van der Waals surface area (Å²) in [5.74, 6) is 0.506. The monoisotopic (exact) mass is 406 g/mol. The van der Waals surface area contributed by atoms with Gasteiger partial charge in [-0.2, -0.15) is 0 Å². The number of nitrogens with one attached hydrogen (secondary N) is 2. The summed E-state index contributed by atoms with van der Waals surface area (Å²) >= 11 is 0. The number of benzene rings is 2. The molecule has 1 saturated heterocycles. The zero-order valence-electron chi connectivity index (χ0n) is 15.9. The standard InChI is InChI=1S/C20H21F2N3O4/c1-27-16-5-3-15(4-6-16)25-10-8-24(9-11-25)13-19(26)23-14-2-7-17-18(12-14)29-20(21,22)28-17/h2-7,12H,8-11,13H2,1H3,(H,23,26)/p+1. The van der Waals surface area contributed by atoms with E-state index in [0.29, 0.717) is 12.2 Å². The minimum atomic E-state index is -3.67. The lowest BCUT2D eigenvalue weighted by molar-refractivity contribution is -0.892.